The monoisotopic (exact) mass is 457 g/mol. The summed E-state index contributed by atoms with van der Waals surface area (Å²) in [5.41, 5.74) is 0.0920. The van der Waals surface area contributed by atoms with E-state index in [1.807, 2.05) is 0 Å². The molecule has 0 aliphatic heterocycles. The molecule has 1 aromatic heterocycles. The van der Waals surface area contributed by atoms with E-state index in [2.05, 4.69) is 15.5 Å². The zero-order chi connectivity index (χ0) is 22.3. The maximum atomic E-state index is 13.6. The molecule has 0 spiro atoms. The summed E-state index contributed by atoms with van der Waals surface area (Å²) < 4.78 is 30.1. The molecule has 0 atom stereocenters. The Bertz CT molecular complexity index is 1140. The van der Waals surface area contributed by atoms with Crippen molar-refractivity contribution in [2.45, 2.75) is 43.7 Å². The van der Waals surface area contributed by atoms with E-state index in [0.29, 0.717) is 33.8 Å². The second-order valence-corrected chi connectivity index (χ2v) is 9.03. The van der Waals surface area contributed by atoms with Gasteiger partial charge in [0.1, 0.15) is 17.3 Å². The number of hydrogen-bond donors (Lipinski definition) is 1. The van der Waals surface area contributed by atoms with Crippen molar-refractivity contribution in [1.82, 2.24) is 15.5 Å². The Balaban J connectivity index is 1.09. The molecule has 32 heavy (non-hydrogen) atoms. The standard InChI is InChI=1S/C23H21ClFN3O4/c1-14-2-5-17(8-18(14)25)31-10-20(29)27-23-11-22(12-23,13-23)21-26-19(28-32-21)9-30-16-6-3-15(24)4-7-16/h2-8H,9-13H2,1H3,(H,27,29). The summed E-state index contributed by atoms with van der Waals surface area (Å²) in [4.78, 5) is 16.8. The molecule has 2 aromatic carbocycles. The van der Waals surface area contributed by atoms with E-state index in [9.17, 15) is 9.18 Å². The molecule has 0 unspecified atom stereocenters. The summed E-state index contributed by atoms with van der Waals surface area (Å²) in [6.07, 6.45) is 2.22. The molecule has 3 fully saturated rings. The summed E-state index contributed by atoms with van der Waals surface area (Å²) in [5.74, 6) is 1.45. The van der Waals surface area contributed by atoms with Crippen molar-refractivity contribution in [1.29, 1.82) is 0 Å². The van der Waals surface area contributed by atoms with Crippen LogP contribution in [0.2, 0.25) is 5.02 Å². The molecule has 166 valence electrons. The van der Waals surface area contributed by atoms with Crippen LogP contribution in [-0.4, -0.2) is 28.2 Å². The number of aromatic nitrogens is 2. The van der Waals surface area contributed by atoms with Crippen molar-refractivity contribution < 1.29 is 23.2 Å². The number of ether oxygens (including phenoxy) is 2. The van der Waals surface area contributed by atoms with E-state index in [4.69, 9.17) is 25.6 Å². The van der Waals surface area contributed by atoms with Crippen LogP contribution >= 0.6 is 11.6 Å². The van der Waals surface area contributed by atoms with E-state index >= 15 is 0 Å². The molecular weight excluding hydrogens is 437 g/mol. The van der Waals surface area contributed by atoms with Gasteiger partial charge in [0, 0.05) is 16.6 Å². The molecule has 0 saturated heterocycles. The summed E-state index contributed by atoms with van der Waals surface area (Å²) in [6.45, 7) is 1.70. The third-order valence-corrected chi connectivity index (χ3v) is 6.30. The molecule has 6 rings (SSSR count). The molecule has 3 saturated carbocycles. The highest BCUT2D eigenvalue weighted by atomic mass is 35.5. The van der Waals surface area contributed by atoms with Crippen molar-refractivity contribution in [2.75, 3.05) is 6.61 Å². The molecule has 3 aliphatic carbocycles. The lowest BCUT2D eigenvalue weighted by Crippen LogP contribution is -2.77. The Labute approximate surface area is 188 Å². The number of benzene rings is 2. The van der Waals surface area contributed by atoms with Gasteiger partial charge in [-0.1, -0.05) is 22.8 Å². The van der Waals surface area contributed by atoms with Gasteiger partial charge >= 0.3 is 0 Å². The van der Waals surface area contributed by atoms with Gasteiger partial charge in [-0.3, -0.25) is 4.79 Å². The lowest BCUT2D eigenvalue weighted by Gasteiger charge is -2.68. The number of carbonyl (C=O) groups is 1. The molecular formula is C23H21ClFN3O4. The number of nitrogens with one attached hydrogen (secondary N) is 1. The first-order valence-electron chi connectivity index (χ1n) is 10.3. The number of aryl methyl sites for hydroxylation is 1. The largest absolute Gasteiger partial charge is 0.485 e. The average molecular weight is 458 g/mol. The lowest BCUT2D eigenvalue weighted by molar-refractivity contribution is -0.143. The van der Waals surface area contributed by atoms with Crippen molar-refractivity contribution >= 4 is 17.5 Å². The number of amides is 1. The van der Waals surface area contributed by atoms with Crippen molar-refractivity contribution in [3.05, 3.63) is 70.6 Å². The molecule has 9 heteroatoms. The van der Waals surface area contributed by atoms with Gasteiger partial charge in [0.15, 0.2) is 13.2 Å². The van der Waals surface area contributed by atoms with Crippen LogP contribution in [0.5, 0.6) is 11.5 Å². The maximum Gasteiger partial charge on any atom is 0.258 e. The average Bonchev–Trinajstić information content (AvgIpc) is 3.19. The van der Waals surface area contributed by atoms with Crippen LogP contribution in [0.1, 0.15) is 36.5 Å². The summed E-state index contributed by atoms with van der Waals surface area (Å²) in [6, 6.07) is 11.6. The third-order valence-electron chi connectivity index (χ3n) is 6.05. The van der Waals surface area contributed by atoms with E-state index in [0.717, 1.165) is 19.3 Å². The minimum Gasteiger partial charge on any atom is -0.485 e. The number of nitrogens with zero attached hydrogens (tertiary/aromatic N) is 2. The molecule has 1 N–H and O–H groups in total. The minimum absolute atomic E-state index is 0.163. The van der Waals surface area contributed by atoms with E-state index in [1.54, 1.807) is 43.3 Å². The molecule has 1 heterocycles. The maximum absolute atomic E-state index is 13.6. The summed E-state index contributed by atoms with van der Waals surface area (Å²) in [7, 11) is 0. The number of hydrogen-bond acceptors (Lipinski definition) is 6. The molecule has 7 nitrogen and oxygen atoms in total. The first-order chi connectivity index (χ1) is 15.3. The van der Waals surface area contributed by atoms with Crippen LogP contribution in [0.3, 0.4) is 0 Å². The zero-order valence-electron chi connectivity index (χ0n) is 17.4. The van der Waals surface area contributed by atoms with Gasteiger partial charge < -0.3 is 19.3 Å². The molecule has 1 amide bonds. The fraction of sp³-hybridized carbons (Fsp3) is 0.348. The van der Waals surface area contributed by atoms with Crippen molar-refractivity contribution in [3.8, 4) is 11.5 Å². The fourth-order valence-corrected chi connectivity index (χ4v) is 4.62. The van der Waals surface area contributed by atoms with Crippen LogP contribution < -0.4 is 14.8 Å². The van der Waals surface area contributed by atoms with E-state index in [1.165, 1.54) is 6.07 Å². The van der Waals surface area contributed by atoms with Crippen LogP contribution in [0.15, 0.2) is 47.0 Å². The summed E-state index contributed by atoms with van der Waals surface area (Å²) in [5, 5.41) is 7.67. The third kappa shape index (κ3) is 3.90. The molecule has 3 aromatic rings. The first-order valence-corrected chi connectivity index (χ1v) is 10.6. The Morgan fingerprint density at radius 2 is 1.88 bits per heavy atom. The smallest absolute Gasteiger partial charge is 0.258 e. The van der Waals surface area contributed by atoms with E-state index in [-0.39, 0.29) is 35.9 Å². The second-order valence-electron chi connectivity index (χ2n) is 8.60. The minimum atomic E-state index is -0.359. The normalized spacial score (nSPS) is 23.1. The first kappa shape index (κ1) is 20.8. The molecule has 2 bridgehead atoms. The Hall–Kier alpha value is -3.13. The second kappa shape index (κ2) is 7.78. The fourth-order valence-electron chi connectivity index (χ4n) is 4.50. The highest BCUT2D eigenvalue weighted by molar-refractivity contribution is 6.30. The van der Waals surface area contributed by atoms with Crippen molar-refractivity contribution in [3.63, 3.8) is 0 Å². The number of carbonyl (C=O) groups excluding carboxylic acids is 1. The van der Waals surface area contributed by atoms with Gasteiger partial charge in [-0.2, -0.15) is 4.98 Å². The Morgan fingerprint density at radius 1 is 1.16 bits per heavy atom. The van der Waals surface area contributed by atoms with Gasteiger partial charge in [0.05, 0.1) is 5.41 Å². The SMILES string of the molecule is Cc1ccc(OCC(=O)NC23CC(c4nc(COc5ccc(Cl)cc5)no4)(C2)C3)cc1F. The van der Waals surface area contributed by atoms with Gasteiger partial charge in [-0.05, 0) is 62.1 Å². The van der Waals surface area contributed by atoms with Gasteiger partial charge in [0.2, 0.25) is 11.7 Å². The highest BCUT2D eigenvalue weighted by Crippen LogP contribution is 2.67. The Morgan fingerprint density at radius 3 is 2.59 bits per heavy atom. The number of rotatable bonds is 8. The lowest BCUT2D eigenvalue weighted by atomic mass is 9.39. The van der Waals surface area contributed by atoms with Gasteiger partial charge in [-0.15, -0.1) is 0 Å². The van der Waals surface area contributed by atoms with Crippen LogP contribution in [-0.2, 0) is 16.8 Å². The number of halogens is 2. The van der Waals surface area contributed by atoms with Crippen molar-refractivity contribution in [2.24, 2.45) is 0 Å². The predicted molar refractivity (Wildman–Crippen MR) is 113 cm³/mol. The summed E-state index contributed by atoms with van der Waals surface area (Å²) >= 11 is 5.87. The predicted octanol–water partition coefficient (Wildman–Crippen LogP) is 4.12. The van der Waals surface area contributed by atoms with Gasteiger partial charge in [-0.25, -0.2) is 4.39 Å². The molecule has 0 radical (unpaired) electrons. The topological polar surface area (TPSA) is 86.5 Å². The van der Waals surface area contributed by atoms with E-state index < -0.39 is 0 Å². The molecule has 3 aliphatic rings. The van der Waals surface area contributed by atoms with Gasteiger partial charge in [0.25, 0.3) is 5.91 Å². The van der Waals surface area contributed by atoms with Crippen LogP contribution in [0.4, 0.5) is 4.39 Å². The zero-order valence-corrected chi connectivity index (χ0v) is 18.1. The Kier molecular flexibility index (Phi) is 5.04. The highest BCUT2D eigenvalue weighted by Gasteiger charge is 2.72. The van der Waals surface area contributed by atoms with Crippen LogP contribution in [0, 0.1) is 12.7 Å². The quantitative estimate of drug-likeness (QED) is 0.547. The van der Waals surface area contributed by atoms with Crippen LogP contribution in [0.25, 0.3) is 0 Å².